The standard InChI is InChI=1S/C22H23FN4O6S/c23-15-10-17(20(24-12-15)27-6-3-22(13-27)4-7-32-8-5-22)26-34(30,31)16-2-1-14-9-19(21(28)25-29)33-18(14)11-16/h1-2,9-12,26,29H,3-8,13H2,(H,25,28). The number of hydrogen-bond donors (Lipinski definition) is 3. The van der Waals surface area contributed by atoms with Crippen LogP contribution in [0.3, 0.4) is 0 Å². The molecule has 2 fully saturated rings. The van der Waals surface area contributed by atoms with Gasteiger partial charge in [0.2, 0.25) is 0 Å². The largest absolute Gasteiger partial charge is 0.451 e. The van der Waals surface area contributed by atoms with Crippen molar-refractivity contribution in [1.29, 1.82) is 0 Å². The maximum atomic E-state index is 14.1. The van der Waals surface area contributed by atoms with E-state index in [9.17, 15) is 17.6 Å². The Balaban J connectivity index is 1.43. The molecule has 2 saturated heterocycles. The number of amides is 1. The summed E-state index contributed by atoms with van der Waals surface area (Å²) in [5.74, 6) is -1.33. The second-order valence-electron chi connectivity index (χ2n) is 8.67. The van der Waals surface area contributed by atoms with E-state index in [1.165, 1.54) is 29.7 Å². The van der Waals surface area contributed by atoms with Gasteiger partial charge in [-0.25, -0.2) is 23.3 Å². The summed E-state index contributed by atoms with van der Waals surface area (Å²) < 4.78 is 53.7. The molecule has 0 saturated carbocycles. The van der Waals surface area contributed by atoms with Gasteiger partial charge in [-0.2, -0.15) is 0 Å². The van der Waals surface area contributed by atoms with Crippen LogP contribution in [-0.2, 0) is 14.8 Å². The van der Waals surface area contributed by atoms with Gasteiger partial charge in [0.1, 0.15) is 11.4 Å². The third-order valence-electron chi connectivity index (χ3n) is 6.50. The number of hydrogen-bond acceptors (Lipinski definition) is 8. The molecule has 0 aliphatic carbocycles. The lowest BCUT2D eigenvalue weighted by molar-refractivity contribution is 0.0254. The number of pyridine rings is 1. The number of hydroxylamine groups is 1. The molecular formula is C22H23FN4O6S. The number of halogens is 1. The van der Waals surface area contributed by atoms with Gasteiger partial charge in [0.05, 0.1) is 16.8 Å². The molecular weight excluding hydrogens is 467 g/mol. The van der Waals surface area contributed by atoms with Crippen LogP contribution in [-0.4, -0.2) is 50.8 Å². The Labute approximate surface area is 194 Å². The van der Waals surface area contributed by atoms with Gasteiger partial charge in [-0.3, -0.25) is 14.7 Å². The van der Waals surface area contributed by atoms with Crippen molar-refractivity contribution in [3.05, 3.63) is 48.1 Å². The zero-order valence-corrected chi connectivity index (χ0v) is 18.9. The second kappa shape index (κ2) is 8.53. The Hall–Kier alpha value is -3.22. The van der Waals surface area contributed by atoms with Crippen molar-refractivity contribution in [2.24, 2.45) is 5.41 Å². The van der Waals surface area contributed by atoms with E-state index in [2.05, 4.69) is 9.71 Å². The maximum absolute atomic E-state index is 14.1. The van der Waals surface area contributed by atoms with Crippen LogP contribution in [0.5, 0.6) is 0 Å². The van der Waals surface area contributed by atoms with Crippen LogP contribution in [0.2, 0.25) is 0 Å². The molecule has 1 amide bonds. The number of aromatic nitrogens is 1. The van der Waals surface area contributed by atoms with Gasteiger partial charge in [0.25, 0.3) is 10.0 Å². The topological polar surface area (TPSA) is 134 Å². The van der Waals surface area contributed by atoms with Crippen molar-refractivity contribution in [3.8, 4) is 0 Å². The van der Waals surface area contributed by atoms with Gasteiger partial charge in [0.15, 0.2) is 11.6 Å². The van der Waals surface area contributed by atoms with Crippen LogP contribution < -0.4 is 15.1 Å². The molecule has 3 aromatic rings. The predicted molar refractivity (Wildman–Crippen MR) is 120 cm³/mol. The highest BCUT2D eigenvalue weighted by atomic mass is 32.2. The van der Waals surface area contributed by atoms with Crippen LogP contribution in [0.1, 0.15) is 29.8 Å². The Morgan fingerprint density at radius 2 is 1.97 bits per heavy atom. The van der Waals surface area contributed by atoms with Gasteiger partial charge in [-0.15, -0.1) is 0 Å². The highest BCUT2D eigenvalue weighted by Crippen LogP contribution is 2.42. The minimum Gasteiger partial charge on any atom is -0.451 e. The zero-order valence-electron chi connectivity index (χ0n) is 18.1. The number of furan rings is 1. The van der Waals surface area contributed by atoms with E-state index < -0.39 is 21.7 Å². The highest BCUT2D eigenvalue weighted by Gasteiger charge is 2.40. The molecule has 0 bridgehead atoms. The molecule has 0 atom stereocenters. The Bertz CT molecular complexity index is 1350. The molecule has 12 heteroatoms. The molecule has 180 valence electrons. The van der Waals surface area contributed by atoms with E-state index >= 15 is 0 Å². The molecule has 2 aromatic heterocycles. The first-order valence-corrected chi connectivity index (χ1v) is 12.3. The first-order chi connectivity index (χ1) is 16.3. The number of ether oxygens (including phenoxy) is 1. The first kappa shape index (κ1) is 22.6. The van der Waals surface area contributed by atoms with Gasteiger partial charge < -0.3 is 14.1 Å². The average Bonchev–Trinajstić information content (AvgIpc) is 3.43. The molecule has 0 unspecified atom stereocenters. The Kier molecular flexibility index (Phi) is 5.66. The summed E-state index contributed by atoms with van der Waals surface area (Å²) >= 11 is 0. The second-order valence-corrected chi connectivity index (χ2v) is 10.3. The summed E-state index contributed by atoms with van der Waals surface area (Å²) in [6.07, 6.45) is 3.85. The third-order valence-corrected chi connectivity index (χ3v) is 7.86. The molecule has 2 aliphatic rings. The summed E-state index contributed by atoms with van der Waals surface area (Å²) in [4.78, 5) is 17.6. The van der Waals surface area contributed by atoms with Crippen molar-refractivity contribution in [1.82, 2.24) is 10.5 Å². The minimum atomic E-state index is -4.14. The molecule has 2 aliphatic heterocycles. The molecule has 34 heavy (non-hydrogen) atoms. The number of anilines is 2. The van der Waals surface area contributed by atoms with Crippen molar-refractivity contribution >= 4 is 38.4 Å². The monoisotopic (exact) mass is 490 g/mol. The lowest BCUT2D eigenvalue weighted by Crippen LogP contribution is -2.33. The summed E-state index contributed by atoms with van der Waals surface area (Å²) in [7, 11) is -4.14. The van der Waals surface area contributed by atoms with E-state index in [1.54, 1.807) is 0 Å². The number of nitrogens with one attached hydrogen (secondary N) is 2. The fourth-order valence-electron chi connectivity index (χ4n) is 4.64. The zero-order chi connectivity index (χ0) is 23.9. The van der Waals surface area contributed by atoms with Crippen LogP contribution >= 0.6 is 0 Å². The highest BCUT2D eigenvalue weighted by molar-refractivity contribution is 7.92. The van der Waals surface area contributed by atoms with Crippen molar-refractivity contribution in [3.63, 3.8) is 0 Å². The number of rotatable bonds is 5. The van der Waals surface area contributed by atoms with Crippen molar-refractivity contribution in [2.45, 2.75) is 24.2 Å². The minimum absolute atomic E-state index is 0.0454. The van der Waals surface area contributed by atoms with Crippen molar-refractivity contribution in [2.75, 3.05) is 35.9 Å². The van der Waals surface area contributed by atoms with Crippen LogP contribution in [0.25, 0.3) is 11.0 Å². The van der Waals surface area contributed by atoms with E-state index in [-0.39, 0.29) is 27.3 Å². The number of carbonyl (C=O) groups is 1. The molecule has 4 heterocycles. The Morgan fingerprint density at radius 1 is 1.18 bits per heavy atom. The normalized spacial score (nSPS) is 17.9. The summed E-state index contributed by atoms with van der Waals surface area (Å²) in [5.41, 5.74) is 1.74. The van der Waals surface area contributed by atoms with Gasteiger partial charge in [-0.05, 0) is 42.9 Å². The maximum Gasteiger partial charge on any atom is 0.310 e. The quantitative estimate of drug-likeness (QED) is 0.367. The molecule has 1 spiro atoms. The molecule has 1 aromatic carbocycles. The smallest absolute Gasteiger partial charge is 0.310 e. The lowest BCUT2D eigenvalue weighted by atomic mass is 9.80. The fraction of sp³-hybridized carbons (Fsp3) is 0.364. The summed E-state index contributed by atoms with van der Waals surface area (Å²) in [5, 5.41) is 9.25. The molecule has 5 rings (SSSR count). The third kappa shape index (κ3) is 4.19. The number of fused-ring (bicyclic) bond motifs is 1. The van der Waals surface area contributed by atoms with E-state index in [1.807, 2.05) is 4.90 Å². The lowest BCUT2D eigenvalue weighted by Gasteiger charge is -2.33. The van der Waals surface area contributed by atoms with Gasteiger partial charge in [-0.1, -0.05) is 0 Å². The molecule has 10 nitrogen and oxygen atoms in total. The van der Waals surface area contributed by atoms with E-state index in [4.69, 9.17) is 14.4 Å². The van der Waals surface area contributed by atoms with Crippen LogP contribution in [0.4, 0.5) is 15.9 Å². The molecule has 3 N–H and O–H groups in total. The summed E-state index contributed by atoms with van der Waals surface area (Å²) in [6, 6.07) is 6.57. The summed E-state index contributed by atoms with van der Waals surface area (Å²) in [6.45, 7) is 2.77. The predicted octanol–water partition coefficient (Wildman–Crippen LogP) is 2.89. The van der Waals surface area contributed by atoms with E-state index in [0.29, 0.717) is 37.5 Å². The number of sulfonamides is 1. The van der Waals surface area contributed by atoms with Crippen molar-refractivity contribution < 1.29 is 32.0 Å². The number of benzene rings is 1. The number of nitrogens with zero attached hydrogens (tertiary/aromatic N) is 2. The first-order valence-electron chi connectivity index (χ1n) is 10.8. The van der Waals surface area contributed by atoms with E-state index in [0.717, 1.165) is 31.5 Å². The van der Waals surface area contributed by atoms with Crippen LogP contribution in [0.15, 0.2) is 45.8 Å². The number of carbonyl (C=O) groups excluding carboxylic acids is 1. The van der Waals surface area contributed by atoms with Crippen LogP contribution in [0, 0.1) is 11.2 Å². The van der Waals surface area contributed by atoms with Gasteiger partial charge in [0, 0.05) is 43.8 Å². The SMILES string of the molecule is O=C(NO)c1cc2ccc(S(=O)(=O)Nc3cc(F)cnc3N3CCC4(CCOCC4)C3)cc2o1. The van der Waals surface area contributed by atoms with Gasteiger partial charge >= 0.3 is 5.91 Å². The average molecular weight is 491 g/mol. The Morgan fingerprint density at radius 3 is 2.74 bits per heavy atom. The molecule has 0 radical (unpaired) electrons. The fourth-order valence-corrected chi connectivity index (χ4v) is 5.70.